The molecule has 3 nitrogen and oxygen atoms in total. The van der Waals surface area contributed by atoms with Gasteiger partial charge in [0.05, 0.1) is 13.2 Å². The fourth-order valence-electron chi connectivity index (χ4n) is 2.17. The first-order chi connectivity index (χ1) is 9.76. The number of halogens is 1. The zero-order valence-electron chi connectivity index (χ0n) is 10.8. The second-order valence-corrected chi connectivity index (χ2v) is 4.56. The molecule has 2 N–H and O–H groups in total. The van der Waals surface area contributed by atoms with Crippen molar-refractivity contribution in [3.8, 4) is 0 Å². The summed E-state index contributed by atoms with van der Waals surface area (Å²) >= 11 is 0. The SMILES string of the molecule is OCc1ccccc1NCc1cc2cc(F)ccc2o1. The topological polar surface area (TPSA) is 45.4 Å². The van der Waals surface area contributed by atoms with Gasteiger partial charge in [-0.3, -0.25) is 0 Å². The number of furan rings is 1. The minimum absolute atomic E-state index is 0.0193. The second kappa shape index (κ2) is 5.35. The number of aliphatic hydroxyl groups excluding tert-OH is 1. The van der Waals surface area contributed by atoms with Gasteiger partial charge in [0.1, 0.15) is 17.2 Å². The Labute approximate surface area is 115 Å². The maximum atomic E-state index is 13.1. The second-order valence-electron chi connectivity index (χ2n) is 4.56. The summed E-state index contributed by atoms with van der Waals surface area (Å²) in [7, 11) is 0. The van der Waals surface area contributed by atoms with E-state index in [2.05, 4.69) is 5.32 Å². The molecule has 0 unspecified atom stereocenters. The van der Waals surface area contributed by atoms with Crippen LogP contribution in [0.15, 0.2) is 52.9 Å². The van der Waals surface area contributed by atoms with Gasteiger partial charge in [-0.25, -0.2) is 4.39 Å². The number of para-hydroxylation sites is 1. The van der Waals surface area contributed by atoms with Gasteiger partial charge in [0.15, 0.2) is 0 Å². The molecule has 2 aromatic carbocycles. The Hall–Kier alpha value is -2.33. The highest BCUT2D eigenvalue weighted by molar-refractivity contribution is 5.77. The lowest BCUT2D eigenvalue weighted by molar-refractivity contribution is 0.282. The molecule has 0 aliphatic carbocycles. The molecule has 0 aliphatic rings. The molecule has 0 radical (unpaired) electrons. The van der Waals surface area contributed by atoms with Gasteiger partial charge in [0, 0.05) is 16.6 Å². The number of hydrogen-bond acceptors (Lipinski definition) is 3. The monoisotopic (exact) mass is 271 g/mol. The van der Waals surface area contributed by atoms with Crippen molar-refractivity contribution < 1.29 is 13.9 Å². The van der Waals surface area contributed by atoms with Crippen LogP contribution in [0.1, 0.15) is 11.3 Å². The lowest BCUT2D eigenvalue weighted by atomic mass is 10.2. The van der Waals surface area contributed by atoms with Crippen molar-refractivity contribution >= 4 is 16.7 Å². The van der Waals surface area contributed by atoms with E-state index in [1.807, 2.05) is 30.3 Å². The van der Waals surface area contributed by atoms with E-state index < -0.39 is 0 Å². The molecule has 0 saturated carbocycles. The van der Waals surface area contributed by atoms with Crippen LogP contribution in [0.2, 0.25) is 0 Å². The molecule has 0 fully saturated rings. The molecule has 0 atom stereocenters. The summed E-state index contributed by atoms with van der Waals surface area (Å²) in [5, 5.41) is 13.2. The predicted molar refractivity (Wildman–Crippen MR) is 75.9 cm³/mol. The molecular formula is C16H14FNO2. The first-order valence-corrected chi connectivity index (χ1v) is 6.37. The van der Waals surface area contributed by atoms with E-state index in [9.17, 15) is 9.50 Å². The number of benzene rings is 2. The summed E-state index contributed by atoms with van der Waals surface area (Å²) in [6.07, 6.45) is 0. The lowest BCUT2D eigenvalue weighted by Gasteiger charge is -2.08. The molecule has 3 rings (SSSR count). The predicted octanol–water partition coefficient (Wildman–Crippen LogP) is 3.68. The van der Waals surface area contributed by atoms with Crippen LogP contribution in [0, 0.1) is 5.82 Å². The Morgan fingerprint density at radius 1 is 1.10 bits per heavy atom. The Balaban J connectivity index is 1.79. The van der Waals surface area contributed by atoms with E-state index in [0.29, 0.717) is 12.1 Å². The van der Waals surface area contributed by atoms with Crippen LogP contribution in [-0.4, -0.2) is 5.11 Å². The van der Waals surface area contributed by atoms with Crippen LogP contribution in [0.5, 0.6) is 0 Å². The first-order valence-electron chi connectivity index (χ1n) is 6.37. The highest BCUT2D eigenvalue weighted by atomic mass is 19.1. The third-order valence-electron chi connectivity index (χ3n) is 3.17. The largest absolute Gasteiger partial charge is 0.459 e. The van der Waals surface area contributed by atoms with Crippen molar-refractivity contribution in [3.05, 3.63) is 65.7 Å². The minimum Gasteiger partial charge on any atom is -0.459 e. The Morgan fingerprint density at radius 2 is 1.95 bits per heavy atom. The normalized spacial score (nSPS) is 10.9. The van der Waals surface area contributed by atoms with Gasteiger partial charge in [-0.05, 0) is 30.3 Å². The molecule has 4 heteroatoms. The van der Waals surface area contributed by atoms with Gasteiger partial charge in [-0.1, -0.05) is 18.2 Å². The van der Waals surface area contributed by atoms with Crippen LogP contribution in [0.4, 0.5) is 10.1 Å². The smallest absolute Gasteiger partial charge is 0.134 e. The van der Waals surface area contributed by atoms with Crippen molar-refractivity contribution in [2.24, 2.45) is 0 Å². The molecule has 0 bridgehead atoms. The van der Waals surface area contributed by atoms with Crippen LogP contribution >= 0.6 is 0 Å². The lowest BCUT2D eigenvalue weighted by Crippen LogP contribution is -2.01. The van der Waals surface area contributed by atoms with Crippen molar-refractivity contribution in [2.45, 2.75) is 13.2 Å². The highest BCUT2D eigenvalue weighted by Crippen LogP contribution is 2.22. The standard InChI is InChI=1S/C16H14FNO2/c17-13-5-6-16-12(7-13)8-14(20-16)9-18-15-4-2-1-3-11(15)10-19/h1-8,18-19H,9-10H2. The molecule has 20 heavy (non-hydrogen) atoms. The zero-order valence-corrected chi connectivity index (χ0v) is 10.8. The van der Waals surface area contributed by atoms with Crippen LogP contribution in [0.25, 0.3) is 11.0 Å². The van der Waals surface area contributed by atoms with Gasteiger partial charge in [0.25, 0.3) is 0 Å². The van der Waals surface area contributed by atoms with Gasteiger partial charge < -0.3 is 14.8 Å². The summed E-state index contributed by atoms with van der Waals surface area (Å²) in [4.78, 5) is 0. The van der Waals surface area contributed by atoms with E-state index in [0.717, 1.165) is 22.4 Å². The number of fused-ring (bicyclic) bond motifs is 1. The summed E-state index contributed by atoms with van der Waals surface area (Å²) in [6, 6.07) is 13.8. The number of hydrogen-bond donors (Lipinski definition) is 2. The van der Waals surface area contributed by atoms with E-state index in [-0.39, 0.29) is 12.4 Å². The van der Waals surface area contributed by atoms with Crippen LogP contribution in [-0.2, 0) is 13.2 Å². The summed E-state index contributed by atoms with van der Waals surface area (Å²) in [5.74, 6) is 0.446. The molecule has 1 aromatic heterocycles. The molecule has 0 spiro atoms. The third kappa shape index (κ3) is 2.51. The molecule has 102 valence electrons. The van der Waals surface area contributed by atoms with E-state index in [4.69, 9.17) is 4.42 Å². The van der Waals surface area contributed by atoms with E-state index >= 15 is 0 Å². The Morgan fingerprint density at radius 3 is 2.80 bits per heavy atom. The van der Waals surface area contributed by atoms with Crippen LogP contribution < -0.4 is 5.32 Å². The number of nitrogens with one attached hydrogen (secondary N) is 1. The molecule has 3 aromatic rings. The van der Waals surface area contributed by atoms with Crippen molar-refractivity contribution in [1.82, 2.24) is 0 Å². The Kier molecular flexibility index (Phi) is 3.39. The van der Waals surface area contributed by atoms with E-state index in [1.165, 1.54) is 12.1 Å². The quantitative estimate of drug-likeness (QED) is 0.761. The Bertz CT molecular complexity index is 736. The minimum atomic E-state index is -0.275. The zero-order chi connectivity index (χ0) is 13.9. The maximum absolute atomic E-state index is 13.1. The number of anilines is 1. The number of aliphatic hydroxyl groups is 1. The third-order valence-corrected chi connectivity index (χ3v) is 3.17. The van der Waals surface area contributed by atoms with E-state index in [1.54, 1.807) is 6.07 Å². The number of rotatable bonds is 4. The summed E-state index contributed by atoms with van der Waals surface area (Å²) < 4.78 is 18.7. The fourth-order valence-corrected chi connectivity index (χ4v) is 2.17. The molecule has 0 aliphatic heterocycles. The highest BCUT2D eigenvalue weighted by Gasteiger charge is 2.06. The maximum Gasteiger partial charge on any atom is 0.134 e. The van der Waals surface area contributed by atoms with Gasteiger partial charge in [-0.2, -0.15) is 0 Å². The molecule has 1 heterocycles. The molecular weight excluding hydrogens is 257 g/mol. The molecule has 0 amide bonds. The van der Waals surface area contributed by atoms with Gasteiger partial charge in [0.2, 0.25) is 0 Å². The average molecular weight is 271 g/mol. The van der Waals surface area contributed by atoms with Crippen molar-refractivity contribution in [1.29, 1.82) is 0 Å². The first kappa shape index (κ1) is 12.7. The summed E-state index contributed by atoms with van der Waals surface area (Å²) in [5.41, 5.74) is 2.36. The molecule has 0 saturated heterocycles. The van der Waals surface area contributed by atoms with Gasteiger partial charge >= 0.3 is 0 Å². The van der Waals surface area contributed by atoms with Gasteiger partial charge in [-0.15, -0.1) is 0 Å². The fraction of sp³-hybridized carbons (Fsp3) is 0.125. The van der Waals surface area contributed by atoms with Crippen molar-refractivity contribution in [3.63, 3.8) is 0 Å². The summed E-state index contributed by atoms with van der Waals surface area (Å²) in [6.45, 7) is 0.460. The van der Waals surface area contributed by atoms with Crippen LogP contribution in [0.3, 0.4) is 0 Å². The van der Waals surface area contributed by atoms with Crippen molar-refractivity contribution in [2.75, 3.05) is 5.32 Å². The average Bonchev–Trinajstić information content (AvgIpc) is 2.87.